The molecule has 1 aliphatic heterocycles. The minimum Gasteiger partial charge on any atom is -0.416 e. The summed E-state index contributed by atoms with van der Waals surface area (Å²) in [6.45, 7) is 1.57. The highest BCUT2D eigenvalue weighted by molar-refractivity contribution is 5.48. The molecule has 0 atom stereocenters. The molecule has 5 rings (SSSR count). The second-order valence-electron chi connectivity index (χ2n) is 7.62. The van der Waals surface area contributed by atoms with Gasteiger partial charge in [-0.25, -0.2) is 0 Å². The lowest BCUT2D eigenvalue weighted by Gasteiger charge is -2.44. The van der Waals surface area contributed by atoms with Gasteiger partial charge < -0.3 is 9.32 Å². The molecule has 0 unspecified atom stereocenters. The number of fused-ring (bicyclic) bond motifs is 1. The predicted molar refractivity (Wildman–Crippen MR) is 94.1 cm³/mol. The molecule has 9 nitrogen and oxygen atoms in total. The summed E-state index contributed by atoms with van der Waals surface area (Å²) in [5.41, 5.74) is 0.738. The van der Waals surface area contributed by atoms with Gasteiger partial charge in [0.1, 0.15) is 5.82 Å². The molecule has 0 spiro atoms. The van der Waals surface area contributed by atoms with E-state index in [9.17, 15) is 13.2 Å². The SMILES string of the molecule is CN(Cc1nnc(C(F)(F)F)o1)C1CN(c2ccc3nnc(C4CCC4)n3n2)C1. The van der Waals surface area contributed by atoms with Crippen LogP contribution in [0.25, 0.3) is 5.65 Å². The van der Waals surface area contributed by atoms with Gasteiger partial charge in [-0.15, -0.1) is 25.5 Å². The van der Waals surface area contributed by atoms with Crippen molar-refractivity contribution in [3.8, 4) is 0 Å². The first-order valence-electron chi connectivity index (χ1n) is 9.45. The van der Waals surface area contributed by atoms with Crippen LogP contribution in [0, 0.1) is 0 Å². The van der Waals surface area contributed by atoms with Crippen molar-refractivity contribution in [1.29, 1.82) is 0 Å². The van der Waals surface area contributed by atoms with Crippen LogP contribution in [0.5, 0.6) is 0 Å². The Morgan fingerprint density at radius 3 is 2.59 bits per heavy atom. The molecule has 2 fully saturated rings. The van der Waals surface area contributed by atoms with Crippen LogP contribution in [0.2, 0.25) is 0 Å². The van der Waals surface area contributed by atoms with Crippen LogP contribution in [0.1, 0.15) is 42.8 Å². The monoisotopic (exact) mass is 408 g/mol. The average molecular weight is 408 g/mol. The normalized spacial score (nSPS) is 18.4. The Labute approximate surface area is 163 Å². The Hall–Kier alpha value is -2.76. The second kappa shape index (κ2) is 6.65. The van der Waals surface area contributed by atoms with Gasteiger partial charge in [0.2, 0.25) is 5.89 Å². The van der Waals surface area contributed by atoms with E-state index < -0.39 is 12.1 Å². The van der Waals surface area contributed by atoms with Crippen LogP contribution in [0.4, 0.5) is 19.0 Å². The third-order valence-electron chi connectivity index (χ3n) is 5.65. The number of aromatic nitrogens is 6. The van der Waals surface area contributed by atoms with E-state index in [0.717, 1.165) is 30.1 Å². The largest absolute Gasteiger partial charge is 0.470 e. The number of hydrogen-bond acceptors (Lipinski definition) is 8. The zero-order chi connectivity index (χ0) is 20.2. The van der Waals surface area contributed by atoms with E-state index in [2.05, 4.69) is 25.3 Å². The molecular weight excluding hydrogens is 389 g/mol. The molecule has 0 amide bonds. The van der Waals surface area contributed by atoms with Crippen LogP contribution in [0.15, 0.2) is 16.5 Å². The fraction of sp³-hybridized carbons (Fsp3) is 0.588. The fourth-order valence-corrected chi connectivity index (χ4v) is 3.58. The van der Waals surface area contributed by atoms with E-state index in [4.69, 9.17) is 9.52 Å². The second-order valence-corrected chi connectivity index (χ2v) is 7.62. The lowest BCUT2D eigenvalue weighted by Crippen LogP contribution is -2.58. The molecule has 0 bridgehead atoms. The van der Waals surface area contributed by atoms with Gasteiger partial charge in [0.05, 0.1) is 6.54 Å². The molecule has 2 aliphatic rings. The van der Waals surface area contributed by atoms with Crippen molar-refractivity contribution >= 4 is 11.5 Å². The summed E-state index contributed by atoms with van der Waals surface area (Å²) in [5.74, 6) is 0.815. The maximum Gasteiger partial charge on any atom is 0.470 e. The molecule has 3 aromatic heterocycles. The van der Waals surface area contributed by atoms with E-state index >= 15 is 0 Å². The van der Waals surface area contributed by atoms with Crippen LogP contribution < -0.4 is 4.90 Å². The van der Waals surface area contributed by atoms with Crippen molar-refractivity contribution in [2.75, 3.05) is 25.0 Å². The number of nitrogens with zero attached hydrogens (tertiary/aromatic N) is 8. The number of anilines is 1. The zero-order valence-electron chi connectivity index (χ0n) is 15.7. The highest BCUT2D eigenvalue weighted by atomic mass is 19.4. The lowest BCUT2D eigenvalue weighted by atomic mass is 9.85. The van der Waals surface area contributed by atoms with Gasteiger partial charge >= 0.3 is 12.1 Å². The van der Waals surface area contributed by atoms with E-state index in [-0.39, 0.29) is 18.5 Å². The summed E-state index contributed by atoms with van der Waals surface area (Å²) < 4.78 is 44.2. The number of halogens is 3. The summed E-state index contributed by atoms with van der Waals surface area (Å²) in [6.07, 6.45) is -1.17. The number of likely N-dealkylation sites (N-methyl/N-ethyl adjacent to an activating group) is 1. The van der Waals surface area contributed by atoms with Crippen LogP contribution in [-0.4, -0.2) is 61.1 Å². The molecule has 3 aromatic rings. The molecule has 1 saturated carbocycles. The molecule has 154 valence electrons. The van der Waals surface area contributed by atoms with Crippen LogP contribution in [-0.2, 0) is 12.7 Å². The van der Waals surface area contributed by atoms with Gasteiger partial charge in [-0.2, -0.15) is 17.7 Å². The lowest BCUT2D eigenvalue weighted by molar-refractivity contribution is -0.157. The van der Waals surface area contributed by atoms with Gasteiger partial charge in [0.25, 0.3) is 0 Å². The fourth-order valence-electron chi connectivity index (χ4n) is 3.58. The topological polar surface area (TPSA) is 88.5 Å². The first kappa shape index (κ1) is 18.3. The van der Waals surface area contributed by atoms with Crippen molar-refractivity contribution in [1.82, 2.24) is 34.9 Å². The summed E-state index contributed by atoms with van der Waals surface area (Å²) in [4.78, 5) is 4.02. The van der Waals surface area contributed by atoms with Gasteiger partial charge in [0.15, 0.2) is 11.5 Å². The summed E-state index contributed by atoms with van der Waals surface area (Å²) in [5, 5.41) is 19.7. The van der Waals surface area contributed by atoms with Gasteiger partial charge in [-0.3, -0.25) is 4.90 Å². The highest BCUT2D eigenvalue weighted by Gasteiger charge is 2.39. The maximum atomic E-state index is 12.6. The molecule has 1 saturated heterocycles. The first-order chi connectivity index (χ1) is 13.9. The molecule has 0 N–H and O–H groups in total. The Bertz CT molecular complexity index is 1020. The molecule has 4 heterocycles. The summed E-state index contributed by atoms with van der Waals surface area (Å²) >= 11 is 0. The zero-order valence-corrected chi connectivity index (χ0v) is 15.7. The molecule has 12 heteroatoms. The number of hydrogen-bond donors (Lipinski definition) is 0. The smallest absolute Gasteiger partial charge is 0.416 e. The number of rotatable bonds is 5. The van der Waals surface area contributed by atoms with E-state index in [1.54, 1.807) is 0 Å². The Kier molecular flexibility index (Phi) is 4.19. The van der Waals surface area contributed by atoms with E-state index in [0.29, 0.717) is 19.0 Å². The van der Waals surface area contributed by atoms with Crippen molar-refractivity contribution in [3.63, 3.8) is 0 Å². The molecule has 0 radical (unpaired) electrons. The van der Waals surface area contributed by atoms with Gasteiger partial charge in [-0.05, 0) is 32.0 Å². The number of alkyl halides is 3. The highest BCUT2D eigenvalue weighted by Crippen LogP contribution is 2.35. The third kappa shape index (κ3) is 3.30. The minimum absolute atomic E-state index is 0.0487. The summed E-state index contributed by atoms with van der Waals surface area (Å²) in [7, 11) is 1.82. The molecular formula is C17H19F3N8O. The van der Waals surface area contributed by atoms with E-state index in [1.165, 1.54) is 6.42 Å². The predicted octanol–water partition coefficient (Wildman–Crippen LogP) is 2.11. The molecule has 1 aliphatic carbocycles. The van der Waals surface area contributed by atoms with Crippen molar-refractivity contribution in [2.45, 2.75) is 43.9 Å². The maximum absolute atomic E-state index is 12.6. The first-order valence-corrected chi connectivity index (χ1v) is 9.45. The van der Waals surface area contributed by atoms with Crippen molar-refractivity contribution in [3.05, 3.63) is 29.7 Å². The molecule has 29 heavy (non-hydrogen) atoms. The quantitative estimate of drug-likeness (QED) is 0.634. The Morgan fingerprint density at radius 2 is 1.93 bits per heavy atom. The van der Waals surface area contributed by atoms with Crippen LogP contribution in [0.3, 0.4) is 0 Å². The minimum atomic E-state index is -4.62. The van der Waals surface area contributed by atoms with Gasteiger partial charge in [-0.1, -0.05) is 6.42 Å². The Balaban J connectivity index is 1.23. The van der Waals surface area contributed by atoms with Crippen molar-refractivity contribution in [2.24, 2.45) is 0 Å². The molecule has 0 aromatic carbocycles. The third-order valence-corrected chi connectivity index (χ3v) is 5.65. The Morgan fingerprint density at radius 1 is 1.14 bits per heavy atom. The average Bonchev–Trinajstić information content (AvgIpc) is 3.19. The van der Waals surface area contributed by atoms with Crippen LogP contribution >= 0.6 is 0 Å². The standard InChI is InChI=1S/C17H19F3N8O/c1-26(9-14-22-24-16(29-14)17(18,19)20)11-7-27(8-11)13-6-5-12-21-23-15(28(12)25-13)10-3-2-4-10/h5-6,10-11H,2-4,7-9H2,1H3. The van der Waals surface area contributed by atoms with E-state index in [1.807, 2.05) is 28.6 Å². The van der Waals surface area contributed by atoms with Crippen molar-refractivity contribution < 1.29 is 17.6 Å². The van der Waals surface area contributed by atoms with Gasteiger partial charge in [0, 0.05) is 25.0 Å². The summed E-state index contributed by atoms with van der Waals surface area (Å²) in [6, 6.07) is 3.98.